The summed E-state index contributed by atoms with van der Waals surface area (Å²) in [7, 11) is 3.41. The molecule has 0 aromatic heterocycles. The Morgan fingerprint density at radius 2 is 1.72 bits per heavy atom. The summed E-state index contributed by atoms with van der Waals surface area (Å²) in [6.07, 6.45) is 4.69. The second kappa shape index (κ2) is 11.7. The van der Waals surface area contributed by atoms with E-state index in [1.54, 1.807) is 32.3 Å². The summed E-state index contributed by atoms with van der Waals surface area (Å²) < 4.78 is 5.71. The number of nitrogens with one attached hydrogen (secondary N) is 2. The quantitative estimate of drug-likeness (QED) is 0.552. The van der Waals surface area contributed by atoms with E-state index in [2.05, 4.69) is 17.6 Å². The van der Waals surface area contributed by atoms with Gasteiger partial charge >= 0.3 is 0 Å². The number of carbonyl (C=O) groups is 2. The standard InChI is InChI=1S/C23H31N3O3/c1-4-5-6-7-15-29-21-13-11-19(12-14-21)25-22(27)17-24-20-10-8-9-18(16-20)23(28)26(2)3/h8-14,16,24H,4-7,15,17H2,1-3H3,(H,25,27). The molecule has 2 amide bonds. The molecule has 0 aliphatic heterocycles. The molecule has 0 saturated carbocycles. The number of benzene rings is 2. The Morgan fingerprint density at radius 1 is 0.966 bits per heavy atom. The highest BCUT2D eigenvalue weighted by atomic mass is 16.5. The minimum Gasteiger partial charge on any atom is -0.494 e. The molecule has 2 rings (SSSR count). The largest absolute Gasteiger partial charge is 0.494 e. The second-order valence-corrected chi connectivity index (χ2v) is 7.12. The van der Waals surface area contributed by atoms with Gasteiger partial charge in [0.25, 0.3) is 5.91 Å². The fourth-order valence-electron chi connectivity index (χ4n) is 2.76. The molecule has 156 valence electrons. The van der Waals surface area contributed by atoms with E-state index in [0.717, 1.165) is 17.9 Å². The molecule has 2 N–H and O–H groups in total. The lowest BCUT2D eigenvalue weighted by Crippen LogP contribution is -2.23. The van der Waals surface area contributed by atoms with Gasteiger partial charge in [-0.1, -0.05) is 32.3 Å². The van der Waals surface area contributed by atoms with Gasteiger partial charge in [0.1, 0.15) is 5.75 Å². The molecule has 0 aliphatic rings. The van der Waals surface area contributed by atoms with Crippen molar-refractivity contribution in [2.24, 2.45) is 0 Å². The highest BCUT2D eigenvalue weighted by molar-refractivity contribution is 5.96. The van der Waals surface area contributed by atoms with Gasteiger partial charge in [-0.2, -0.15) is 0 Å². The topological polar surface area (TPSA) is 70.7 Å². The molecule has 0 radical (unpaired) electrons. The third-order valence-electron chi connectivity index (χ3n) is 4.37. The lowest BCUT2D eigenvalue weighted by molar-refractivity contribution is -0.114. The number of nitrogens with zero attached hydrogens (tertiary/aromatic N) is 1. The maximum absolute atomic E-state index is 12.2. The van der Waals surface area contributed by atoms with E-state index in [9.17, 15) is 9.59 Å². The summed E-state index contributed by atoms with van der Waals surface area (Å²) >= 11 is 0. The van der Waals surface area contributed by atoms with Gasteiger partial charge in [-0.25, -0.2) is 0 Å². The van der Waals surface area contributed by atoms with Crippen LogP contribution in [0.3, 0.4) is 0 Å². The molecule has 29 heavy (non-hydrogen) atoms. The number of amides is 2. The first-order valence-electron chi connectivity index (χ1n) is 10.1. The van der Waals surface area contributed by atoms with Crippen LogP contribution in [0.5, 0.6) is 5.75 Å². The van der Waals surface area contributed by atoms with Crippen molar-refractivity contribution in [2.45, 2.75) is 32.6 Å². The molecule has 0 heterocycles. The van der Waals surface area contributed by atoms with E-state index >= 15 is 0 Å². The van der Waals surface area contributed by atoms with Crippen molar-refractivity contribution < 1.29 is 14.3 Å². The van der Waals surface area contributed by atoms with Gasteiger partial charge in [0.15, 0.2) is 0 Å². The van der Waals surface area contributed by atoms with Crippen molar-refractivity contribution in [2.75, 3.05) is 37.9 Å². The molecule has 0 atom stereocenters. The van der Waals surface area contributed by atoms with Gasteiger partial charge in [0.05, 0.1) is 13.2 Å². The maximum Gasteiger partial charge on any atom is 0.253 e. The summed E-state index contributed by atoms with van der Waals surface area (Å²) in [5, 5.41) is 5.89. The van der Waals surface area contributed by atoms with Gasteiger partial charge in [-0.05, 0) is 48.9 Å². The zero-order valence-electron chi connectivity index (χ0n) is 17.5. The molecule has 2 aromatic rings. The smallest absolute Gasteiger partial charge is 0.253 e. The molecule has 0 saturated heterocycles. The molecule has 0 bridgehead atoms. The molecule has 0 spiro atoms. The van der Waals surface area contributed by atoms with Crippen molar-refractivity contribution in [3.63, 3.8) is 0 Å². The SMILES string of the molecule is CCCCCCOc1ccc(NC(=O)CNc2cccc(C(=O)N(C)C)c2)cc1. The van der Waals surface area contributed by atoms with Gasteiger partial charge in [0.2, 0.25) is 5.91 Å². The average molecular weight is 398 g/mol. The van der Waals surface area contributed by atoms with Crippen molar-refractivity contribution in [3.8, 4) is 5.75 Å². The Kier molecular flexibility index (Phi) is 9.02. The molecular weight excluding hydrogens is 366 g/mol. The number of unbranched alkanes of at least 4 members (excludes halogenated alkanes) is 3. The van der Waals surface area contributed by atoms with Crippen LogP contribution in [0.25, 0.3) is 0 Å². The number of hydrogen-bond acceptors (Lipinski definition) is 4. The molecule has 0 aliphatic carbocycles. The van der Waals surface area contributed by atoms with E-state index in [4.69, 9.17) is 4.74 Å². The van der Waals surface area contributed by atoms with Crippen LogP contribution in [0, 0.1) is 0 Å². The van der Waals surface area contributed by atoms with Crippen LogP contribution < -0.4 is 15.4 Å². The summed E-state index contributed by atoms with van der Waals surface area (Å²) in [6.45, 7) is 3.01. The summed E-state index contributed by atoms with van der Waals surface area (Å²) in [6, 6.07) is 14.5. The van der Waals surface area contributed by atoms with E-state index in [-0.39, 0.29) is 18.4 Å². The third-order valence-corrected chi connectivity index (χ3v) is 4.37. The normalized spacial score (nSPS) is 10.3. The Hall–Kier alpha value is -3.02. The second-order valence-electron chi connectivity index (χ2n) is 7.12. The van der Waals surface area contributed by atoms with Gasteiger partial charge in [-0.3, -0.25) is 9.59 Å². The van der Waals surface area contributed by atoms with Crippen molar-refractivity contribution >= 4 is 23.2 Å². The number of ether oxygens (including phenoxy) is 1. The van der Waals surface area contributed by atoms with Crippen LogP contribution in [0.1, 0.15) is 43.0 Å². The Morgan fingerprint density at radius 3 is 2.41 bits per heavy atom. The molecule has 0 unspecified atom stereocenters. The van der Waals surface area contributed by atoms with E-state index in [0.29, 0.717) is 17.9 Å². The molecule has 6 nitrogen and oxygen atoms in total. The highest BCUT2D eigenvalue weighted by Crippen LogP contribution is 2.16. The first-order chi connectivity index (χ1) is 14.0. The summed E-state index contributed by atoms with van der Waals surface area (Å²) in [4.78, 5) is 25.7. The first kappa shape index (κ1) is 22.3. The molecule has 6 heteroatoms. The van der Waals surface area contributed by atoms with Crippen molar-refractivity contribution in [1.29, 1.82) is 0 Å². The van der Waals surface area contributed by atoms with E-state index in [1.807, 2.05) is 30.3 Å². The number of anilines is 2. The maximum atomic E-state index is 12.2. The molecular formula is C23H31N3O3. The van der Waals surface area contributed by atoms with Crippen LogP contribution in [0.4, 0.5) is 11.4 Å². The average Bonchev–Trinajstić information content (AvgIpc) is 2.73. The van der Waals surface area contributed by atoms with E-state index in [1.165, 1.54) is 24.2 Å². The van der Waals surface area contributed by atoms with Gasteiger partial charge < -0.3 is 20.3 Å². The fraction of sp³-hybridized carbons (Fsp3) is 0.391. The van der Waals surface area contributed by atoms with Gasteiger partial charge in [0, 0.05) is 31.0 Å². The van der Waals surface area contributed by atoms with Gasteiger partial charge in [-0.15, -0.1) is 0 Å². The monoisotopic (exact) mass is 397 g/mol. The number of rotatable bonds is 11. The van der Waals surface area contributed by atoms with Crippen LogP contribution in [-0.2, 0) is 4.79 Å². The third kappa shape index (κ3) is 7.86. The Labute approximate surface area is 173 Å². The number of carbonyl (C=O) groups excluding carboxylic acids is 2. The number of hydrogen-bond donors (Lipinski definition) is 2. The van der Waals surface area contributed by atoms with Crippen molar-refractivity contribution in [1.82, 2.24) is 4.90 Å². The minimum absolute atomic E-state index is 0.0780. The lowest BCUT2D eigenvalue weighted by atomic mass is 10.2. The highest BCUT2D eigenvalue weighted by Gasteiger charge is 2.09. The van der Waals surface area contributed by atoms with Crippen molar-refractivity contribution in [3.05, 3.63) is 54.1 Å². The minimum atomic E-state index is -0.164. The Bertz CT molecular complexity index is 788. The molecule has 0 fully saturated rings. The first-order valence-corrected chi connectivity index (χ1v) is 10.1. The lowest BCUT2D eigenvalue weighted by Gasteiger charge is -2.12. The predicted octanol–water partition coefficient (Wildman–Crippen LogP) is 4.40. The van der Waals surface area contributed by atoms with Crippen LogP contribution >= 0.6 is 0 Å². The zero-order chi connectivity index (χ0) is 21.1. The summed E-state index contributed by atoms with van der Waals surface area (Å²) in [5.74, 6) is 0.563. The fourth-order valence-corrected chi connectivity index (χ4v) is 2.76. The van der Waals surface area contributed by atoms with Crippen LogP contribution in [0.2, 0.25) is 0 Å². The Balaban J connectivity index is 1.78. The molecule has 2 aromatic carbocycles. The van der Waals surface area contributed by atoms with Crippen LogP contribution in [-0.4, -0.2) is 44.0 Å². The zero-order valence-corrected chi connectivity index (χ0v) is 17.5. The van der Waals surface area contributed by atoms with E-state index < -0.39 is 0 Å². The predicted molar refractivity (Wildman–Crippen MR) is 118 cm³/mol. The summed E-state index contributed by atoms with van der Waals surface area (Å²) in [5.41, 5.74) is 2.01. The van der Waals surface area contributed by atoms with Crippen LogP contribution in [0.15, 0.2) is 48.5 Å².